The van der Waals surface area contributed by atoms with E-state index in [0.29, 0.717) is 18.0 Å². The highest BCUT2D eigenvalue weighted by Gasteiger charge is 2.29. The summed E-state index contributed by atoms with van der Waals surface area (Å²) in [6, 6.07) is 18.8. The Morgan fingerprint density at radius 2 is 1.56 bits per heavy atom. The lowest BCUT2D eigenvalue weighted by atomic mass is 9.96. The van der Waals surface area contributed by atoms with Gasteiger partial charge in [0.1, 0.15) is 12.3 Å². The summed E-state index contributed by atoms with van der Waals surface area (Å²) >= 11 is 0. The lowest BCUT2D eigenvalue weighted by Crippen LogP contribution is -2.41. The van der Waals surface area contributed by atoms with Gasteiger partial charge < -0.3 is 10.1 Å². The summed E-state index contributed by atoms with van der Waals surface area (Å²) in [5.74, 6) is -0.00806. The van der Waals surface area contributed by atoms with Gasteiger partial charge in [-0.3, -0.25) is 9.10 Å². The predicted octanol–water partition coefficient (Wildman–Crippen LogP) is 5.08. The fourth-order valence-corrected chi connectivity index (χ4v) is 5.36. The second-order valence-corrected chi connectivity index (χ2v) is 10.2. The molecule has 180 valence electrons. The molecule has 0 spiro atoms. The van der Waals surface area contributed by atoms with Crippen molar-refractivity contribution in [1.29, 1.82) is 0 Å². The minimum absolute atomic E-state index is 0.104. The highest BCUT2D eigenvalue weighted by atomic mass is 32.2. The van der Waals surface area contributed by atoms with E-state index in [2.05, 4.69) is 24.4 Å². The molecule has 0 bridgehead atoms. The van der Waals surface area contributed by atoms with Crippen LogP contribution >= 0.6 is 0 Å². The zero-order chi connectivity index (χ0) is 24.9. The van der Waals surface area contributed by atoms with Crippen LogP contribution in [0.5, 0.6) is 5.75 Å². The van der Waals surface area contributed by atoms with Crippen LogP contribution in [-0.2, 0) is 14.8 Å². The monoisotopic (exact) mass is 480 g/mol. The molecule has 34 heavy (non-hydrogen) atoms. The van der Waals surface area contributed by atoms with E-state index in [1.54, 1.807) is 42.5 Å². The van der Waals surface area contributed by atoms with Gasteiger partial charge in [0, 0.05) is 0 Å². The summed E-state index contributed by atoms with van der Waals surface area (Å²) in [5, 5.41) is 2.97. The van der Waals surface area contributed by atoms with Gasteiger partial charge in [-0.1, -0.05) is 42.5 Å². The van der Waals surface area contributed by atoms with Gasteiger partial charge in [0.25, 0.3) is 10.0 Å². The number of carbonyl (C=O) groups is 1. The molecule has 0 heterocycles. The number of ether oxygens (including phenoxy) is 1. The number of anilines is 1. The maximum atomic E-state index is 13.6. The van der Waals surface area contributed by atoms with Crippen molar-refractivity contribution >= 4 is 21.6 Å². The number of nitrogens with zero attached hydrogens (tertiary/aromatic N) is 1. The quantitative estimate of drug-likeness (QED) is 0.463. The molecule has 0 saturated carbocycles. The van der Waals surface area contributed by atoms with Crippen LogP contribution in [0.25, 0.3) is 0 Å². The van der Waals surface area contributed by atoms with Gasteiger partial charge in [0.05, 0.1) is 23.2 Å². The summed E-state index contributed by atoms with van der Waals surface area (Å²) < 4.78 is 34.0. The predicted molar refractivity (Wildman–Crippen MR) is 136 cm³/mol. The molecule has 7 heteroatoms. The Kier molecular flexibility index (Phi) is 7.99. The number of carbonyl (C=O) groups excluding carboxylic acids is 1. The van der Waals surface area contributed by atoms with E-state index in [1.807, 2.05) is 27.7 Å². The molecular formula is C27H32N2O4S. The first-order chi connectivity index (χ1) is 16.1. The number of nitrogens with one attached hydrogen (secondary N) is 1. The number of sulfonamides is 1. The average molecular weight is 481 g/mol. The van der Waals surface area contributed by atoms with Crippen molar-refractivity contribution in [2.75, 3.05) is 17.5 Å². The average Bonchev–Trinajstić information content (AvgIpc) is 2.81. The number of hydrogen-bond donors (Lipinski definition) is 1. The minimum atomic E-state index is -4.02. The van der Waals surface area contributed by atoms with E-state index in [1.165, 1.54) is 17.7 Å². The van der Waals surface area contributed by atoms with Crippen molar-refractivity contribution in [2.24, 2.45) is 0 Å². The first-order valence-electron chi connectivity index (χ1n) is 11.3. The molecule has 0 unspecified atom stereocenters. The van der Waals surface area contributed by atoms with Crippen LogP contribution in [0.4, 0.5) is 5.69 Å². The second-order valence-electron chi connectivity index (χ2n) is 8.31. The molecule has 6 nitrogen and oxygen atoms in total. The smallest absolute Gasteiger partial charge is 0.264 e. The zero-order valence-corrected chi connectivity index (χ0v) is 21.1. The van der Waals surface area contributed by atoms with Crippen LogP contribution in [0.3, 0.4) is 0 Å². The Hall–Kier alpha value is -3.32. The number of benzene rings is 3. The Morgan fingerprint density at radius 3 is 2.24 bits per heavy atom. The Labute approximate surface area is 202 Å². The third-order valence-electron chi connectivity index (χ3n) is 5.78. The topological polar surface area (TPSA) is 75.7 Å². The first-order valence-corrected chi connectivity index (χ1v) is 12.8. The third kappa shape index (κ3) is 5.59. The zero-order valence-electron chi connectivity index (χ0n) is 20.3. The van der Waals surface area contributed by atoms with Gasteiger partial charge in [-0.2, -0.15) is 0 Å². The van der Waals surface area contributed by atoms with E-state index in [4.69, 9.17) is 4.74 Å². The van der Waals surface area contributed by atoms with E-state index >= 15 is 0 Å². The summed E-state index contributed by atoms with van der Waals surface area (Å²) in [6.07, 6.45) is 0. The van der Waals surface area contributed by atoms with Crippen LogP contribution in [0.15, 0.2) is 71.6 Å². The lowest BCUT2D eigenvalue weighted by molar-refractivity contribution is -0.120. The van der Waals surface area contributed by atoms with E-state index in [0.717, 1.165) is 21.0 Å². The van der Waals surface area contributed by atoms with Crippen LogP contribution in [0.1, 0.15) is 42.1 Å². The van der Waals surface area contributed by atoms with Crippen LogP contribution in [0.2, 0.25) is 0 Å². The van der Waals surface area contributed by atoms with E-state index in [-0.39, 0.29) is 17.5 Å². The van der Waals surface area contributed by atoms with Gasteiger partial charge in [-0.05, 0) is 81.1 Å². The summed E-state index contributed by atoms with van der Waals surface area (Å²) in [7, 11) is -4.02. The summed E-state index contributed by atoms with van der Waals surface area (Å²) in [5.41, 5.74) is 4.72. The Balaban J connectivity index is 1.95. The highest BCUT2D eigenvalue weighted by molar-refractivity contribution is 7.92. The maximum absolute atomic E-state index is 13.6. The van der Waals surface area contributed by atoms with Crippen molar-refractivity contribution in [2.45, 2.75) is 45.6 Å². The van der Waals surface area contributed by atoms with Crippen LogP contribution in [-0.4, -0.2) is 27.5 Å². The van der Waals surface area contributed by atoms with Gasteiger partial charge in [0.15, 0.2) is 0 Å². The summed E-state index contributed by atoms with van der Waals surface area (Å²) in [4.78, 5) is 13.3. The largest absolute Gasteiger partial charge is 0.492 e. The number of amides is 1. The molecule has 0 aliphatic carbocycles. The molecule has 0 radical (unpaired) electrons. The molecule has 0 aliphatic rings. The van der Waals surface area contributed by atoms with E-state index < -0.39 is 15.9 Å². The Morgan fingerprint density at radius 1 is 0.941 bits per heavy atom. The van der Waals surface area contributed by atoms with Crippen molar-refractivity contribution < 1.29 is 17.9 Å². The van der Waals surface area contributed by atoms with Crippen molar-refractivity contribution in [1.82, 2.24) is 5.32 Å². The molecule has 3 rings (SSSR count). The lowest BCUT2D eigenvalue weighted by Gasteiger charge is -2.27. The molecule has 0 aromatic heterocycles. The van der Waals surface area contributed by atoms with Crippen LogP contribution < -0.4 is 14.4 Å². The third-order valence-corrected chi connectivity index (χ3v) is 7.55. The molecule has 0 fully saturated rings. The van der Waals surface area contributed by atoms with Crippen molar-refractivity contribution in [3.8, 4) is 5.75 Å². The first kappa shape index (κ1) is 25.3. The van der Waals surface area contributed by atoms with Crippen LogP contribution in [0, 0.1) is 20.8 Å². The van der Waals surface area contributed by atoms with Crippen molar-refractivity contribution in [3.63, 3.8) is 0 Å². The Bertz CT molecular complexity index is 1260. The van der Waals surface area contributed by atoms with Gasteiger partial charge in [-0.15, -0.1) is 0 Å². The number of aryl methyl sites for hydroxylation is 3. The van der Waals surface area contributed by atoms with Gasteiger partial charge in [-0.25, -0.2) is 8.42 Å². The molecule has 0 saturated heterocycles. The van der Waals surface area contributed by atoms with Crippen molar-refractivity contribution in [3.05, 3.63) is 89.0 Å². The number of para-hydroxylation sites is 2. The number of rotatable bonds is 9. The summed E-state index contributed by atoms with van der Waals surface area (Å²) in [6.45, 7) is 9.81. The standard InChI is InChI=1S/C27H32N2O4S/c1-6-33-26-15-11-10-14-25(26)29(34(31,32)23-12-8-7-9-13-23)18-27(30)28-22(5)24-17-20(3)19(2)16-21(24)4/h7-17,22H,6,18H2,1-5H3,(H,28,30)/t22-/m0/s1. The van der Waals surface area contributed by atoms with Gasteiger partial charge in [0.2, 0.25) is 5.91 Å². The van der Waals surface area contributed by atoms with Gasteiger partial charge >= 0.3 is 0 Å². The molecule has 3 aromatic carbocycles. The molecule has 1 atom stereocenters. The normalized spacial score (nSPS) is 12.1. The molecular weight excluding hydrogens is 448 g/mol. The second kappa shape index (κ2) is 10.7. The minimum Gasteiger partial charge on any atom is -0.492 e. The molecule has 0 aliphatic heterocycles. The van der Waals surface area contributed by atoms with E-state index in [9.17, 15) is 13.2 Å². The fourth-order valence-electron chi connectivity index (χ4n) is 3.90. The number of hydrogen-bond acceptors (Lipinski definition) is 4. The SMILES string of the molecule is CCOc1ccccc1N(CC(=O)N[C@@H](C)c1cc(C)c(C)cc1C)S(=O)(=O)c1ccccc1. The fraction of sp³-hybridized carbons (Fsp3) is 0.296. The molecule has 1 amide bonds. The molecule has 3 aromatic rings. The maximum Gasteiger partial charge on any atom is 0.264 e. The highest BCUT2D eigenvalue weighted by Crippen LogP contribution is 2.32. The molecule has 1 N–H and O–H groups in total.